The lowest BCUT2D eigenvalue weighted by Gasteiger charge is -2.10. The Morgan fingerprint density at radius 3 is 2.29 bits per heavy atom. The minimum atomic E-state index is 0.456. The van der Waals surface area contributed by atoms with E-state index < -0.39 is 0 Å². The second kappa shape index (κ2) is 4.03. The number of aromatic nitrogens is 2. The molecular weight excluding hydrogens is 174 g/mol. The van der Waals surface area contributed by atoms with Crippen molar-refractivity contribution >= 4 is 5.82 Å². The van der Waals surface area contributed by atoms with Crippen LogP contribution in [0.25, 0.3) is 0 Å². The molecule has 0 saturated carbocycles. The maximum absolute atomic E-state index is 5.89. The van der Waals surface area contributed by atoms with Crippen molar-refractivity contribution in [2.75, 3.05) is 5.73 Å². The topological polar surface area (TPSA) is 43.8 Å². The second-order valence-electron chi connectivity index (χ2n) is 4.62. The maximum Gasteiger partial charge on any atom is 0.149 e. The molecule has 3 nitrogen and oxygen atoms in total. The SMILES string of the molecule is CC(C)Cc1c(C(C)C)c(N)nn1C. The van der Waals surface area contributed by atoms with E-state index in [0.29, 0.717) is 17.7 Å². The molecule has 0 aliphatic rings. The lowest BCUT2D eigenvalue weighted by molar-refractivity contribution is 0.589. The molecule has 0 aliphatic carbocycles. The van der Waals surface area contributed by atoms with Crippen molar-refractivity contribution in [3.8, 4) is 0 Å². The number of nitrogens with two attached hydrogens (primary N) is 1. The summed E-state index contributed by atoms with van der Waals surface area (Å²) in [6, 6.07) is 0. The Kier molecular flexibility index (Phi) is 3.19. The van der Waals surface area contributed by atoms with Crippen molar-refractivity contribution in [2.45, 2.75) is 40.0 Å². The summed E-state index contributed by atoms with van der Waals surface area (Å²) in [5.74, 6) is 1.79. The Hall–Kier alpha value is -0.990. The first kappa shape index (κ1) is 11.1. The smallest absolute Gasteiger partial charge is 0.149 e. The van der Waals surface area contributed by atoms with Gasteiger partial charge in [-0.05, 0) is 18.3 Å². The van der Waals surface area contributed by atoms with E-state index >= 15 is 0 Å². The number of anilines is 1. The molecule has 0 fully saturated rings. The van der Waals surface area contributed by atoms with E-state index in [1.807, 2.05) is 11.7 Å². The van der Waals surface area contributed by atoms with Crippen LogP contribution >= 0.6 is 0 Å². The monoisotopic (exact) mass is 195 g/mol. The average molecular weight is 195 g/mol. The number of rotatable bonds is 3. The summed E-state index contributed by atoms with van der Waals surface area (Å²) in [6.07, 6.45) is 1.05. The van der Waals surface area contributed by atoms with Crippen LogP contribution in [0.1, 0.15) is 44.9 Å². The van der Waals surface area contributed by atoms with Crippen molar-refractivity contribution in [1.82, 2.24) is 9.78 Å². The summed E-state index contributed by atoms with van der Waals surface area (Å²) >= 11 is 0. The van der Waals surface area contributed by atoms with Gasteiger partial charge in [-0.3, -0.25) is 4.68 Å². The van der Waals surface area contributed by atoms with Gasteiger partial charge in [-0.2, -0.15) is 5.10 Å². The zero-order valence-electron chi connectivity index (χ0n) is 9.83. The Labute approximate surface area is 86.3 Å². The summed E-state index contributed by atoms with van der Waals surface area (Å²) < 4.78 is 1.92. The summed E-state index contributed by atoms with van der Waals surface area (Å²) in [4.78, 5) is 0. The van der Waals surface area contributed by atoms with Crippen molar-refractivity contribution in [3.05, 3.63) is 11.3 Å². The predicted molar refractivity (Wildman–Crippen MR) is 60.3 cm³/mol. The molecular formula is C11H21N3. The summed E-state index contributed by atoms with van der Waals surface area (Å²) in [5, 5.41) is 4.28. The van der Waals surface area contributed by atoms with E-state index in [0.717, 1.165) is 6.42 Å². The predicted octanol–water partition coefficient (Wildman–Crippen LogP) is 2.32. The highest BCUT2D eigenvalue weighted by Gasteiger charge is 2.17. The number of nitrogen functional groups attached to an aromatic ring is 1. The van der Waals surface area contributed by atoms with Gasteiger partial charge in [0, 0.05) is 18.3 Å². The Morgan fingerprint density at radius 2 is 1.86 bits per heavy atom. The van der Waals surface area contributed by atoms with Crippen LogP contribution in [0.15, 0.2) is 0 Å². The minimum absolute atomic E-state index is 0.456. The van der Waals surface area contributed by atoms with Crippen LogP contribution in [-0.4, -0.2) is 9.78 Å². The van der Waals surface area contributed by atoms with Crippen LogP contribution < -0.4 is 5.73 Å². The third kappa shape index (κ3) is 2.08. The highest BCUT2D eigenvalue weighted by molar-refractivity contribution is 5.45. The molecule has 1 aromatic heterocycles. The molecule has 2 N–H and O–H groups in total. The van der Waals surface area contributed by atoms with Crippen molar-refractivity contribution in [1.29, 1.82) is 0 Å². The summed E-state index contributed by atoms with van der Waals surface area (Å²) in [7, 11) is 1.97. The van der Waals surface area contributed by atoms with Crippen LogP contribution in [0.3, 0.4) is 0 Å². The van der Waals surface area contributed by atoms with Gasteiger partial charge >= 0.3 is 0 Å². The quantitative estimate of drug-likeness (QED) is 0.804. The van der Waals surface area contributed by atoms with Gasteiger partial charge in [-0.25, -0.2) is 0 Å². The van der Waals surface area contributed by atoms with Gasteiger partial charge in [0.25, 0.3) is 0 Å². The Bertz CT molecular complexity index is 311. The first-order valence-electron chi connectivity index (χ1n) is 5.24. The molecule has 1 rings (SSSR count). The molecule has 0 bridgehead atoms. The van der Waals surface area contributed by atoms with E-state index in [9.17, 15) is 0 Å². The molecule has 0 aliphatic heterocycles. The van der Waals surface area contributed by atoms with Crippen molar-refractivity contribution in [2.24, 2.45) is 13.0 Å². The molecule has 0 saturated heterocycles. The zero-order chi connectivity index (χ0) is 10.9. The van der Waals surface area contributed by atoms with Crippen LogP contribution in [-0.2, 0) is 13.5 Å². The molecule has 0 amide bonds. The molecule has 0 aromatic carbocycles. The summed E-state index contributed by atoms with van der Waals surface area (Å²) in [5.41, 5.74) is 8.39. The fourth-order valence-corrected chi connectivity index (χ4v) is 1.86. The van der Waals surface area contributed by atoms with Crippen LogP contribution in [0.5, 0.6) is 0 Å². The van der Waals surface area contributed by atoms with Gasteiger partial charge in [0.15, 0.2) is 0 Å². The van der Waals surface area contributed by atoms with Gasteiger partial charge in [-0.1, -0.05) is 27.7 Å². The van der Waals surface area contributed by atoms with E-state index in [1.54, 1.807) is 0 Å². The highest BCUT2D eigenvalue weighted by Crippen LogP contribution is 2.26. The molecule has 3 heteroatoms. The minimum Gasteiger partial charge on any atom is -0.382 e. The van der Waals surface area contributed by atoms with Gasteiger partial charge in [0.2, 0.25) is 0 Å². The maximum atomic E-state index is 5.89. The standard InChI is InChI=1S/C11H21N3/c1-7(2)6-9-10(8(3)4)11(12)13-14(9)5/h7-8H,6H2,1-5H3,(H2,12,13). The summed E-state index contributed by atoms with van der Waals surface area (Å²) in [6.45, 7) is 8.76. The third-order valence-corrected chi connectivity index (χ3v) is 2.41. The first-order valence-corrected chi connectivity index (χ1v) is 5.24. The van der Waals surface area contributed by atoms with Crippen LogP contribution in [0, 0.1) is 5.92 Å². The van der Waals surface area contributed by atoms with Gasteiger partial charge in [-0.15, -0.1) is 0 Å². The van der Waals surface area contributed by atoms with E-state index in [1.165, 1.54) is 11.3 Å². The average Bonchev–Trinajstić information content (AvgIpc) is 2.25. The van der Waals surface area contributed by atoms with Crippen LogP contribution in [0.2, 0.25) is 0 Å². The lowest BCUT2D eigenvalue weighted by atomic mass is 9.97. The van der Waals surface area contributed by atoms with Crippen molar-refractivity contribution in [3.63, 3.8) is 0 Å². The first-order chi connectivity index (χ1) is 6.43. The second-order valence-corrected chi connectivity index (χ2v) is 4.62. The zero-order valence-corrected chi connectivity index (χ0v) is 9.83. The molecule has 80 valence electrons. The largest absolute Gasteiger partial charge is 0.382 e. The normalized spacial score (nSPS) is 11.6. The van der Waals surface area contributed by atoms with Gasteiger partial charge in [0.05, 0.1) is 0 Å². The lowest BCUT2D eigenvalue weighted by Crippen LogP contribution is -2.05. The Balaban J connectivity index is 3.11. The molecule has 0 atom stereocenters. The molecule has 0 spiro atoms. The van der Waals surface area contributed by atoms with E-state index in [2.05, 4.69) is 32.8 Å². The molecule has 1 heterocycles. The molecule has 0 unspecified atom stereocenters. The molecule has 14 heavy (non-hydrogen) atoms. The van der Waals surface area contributed by atoms with Gasteiger partial charge < -0.3 is 5.73 Å². The highest BCUT2D eigenvalue weighted by atomic mass is 15.3. The third-order valence-electron chi connectivity index (χ3n) is 2.41. The van der Waals surface area contributed by atoms with Gasteiger partial charge in [0.1, 0.15) is 5.82 Å². The molecule has 0 radical (unpaired) electrons. The van der Waals surface area contributed by atoms with Crippen molar-refractivity contribution < 1.29 is 0 Å². The Morgan fingerprint density at radius 1 is 1.29 bits per heavy atom. The number of nitrogens with zero attached hydrogens (tertiary/aromatic N) is 2. The fraction of sp³-hybridized carbons (Fsp3) is 0.727. The van der Waals surface area contributed by atoms with E-state index in [4.69, 9.17) is 5.73 Å². The molecule has 1 aromatic rings. The van der Waals surface area contributed by atoms with E-state index in [-0.39, 0.29) is 0 Å². The number of aryl methyl sites for hydroxylation is 1. The number of hydrogen-bond acceptors (Lipinski definition) is 2. The number of hydrogen-bond donors (Lipinski definition) is 1. The fourth-order valence-electron chi connectivity index (χ4n) is 1.86. The van der Waals surface area contributed by atoms with Crippen LogP contribution in [0.4, 0.5) is 5.82 Å².